The van der Waals surface area contributed by atoms with Crippen LogP contribution in [0.5, 0.6) is 0 Å². The van der Waals surface area contributed by atoms with Crippen molar-refractivity contribution in [1.29, 1.82) is 0 Å². The second-order valence-corrected chi connectivity index (χ2v) is 5.10. The summed E-state index contributed by atoms with van der Waals surface area (Å²) in [6, 6.07) is 12.7. The summed E-state index contributed by atoms with van der Waals surface area (Å²) in [5.74, 6) is 0.589. The number of guanidine groups is 1. The molecule has 1 aromatic carbocycles. The fraction of sp³-hybridized carbons (Fsp3) is 0.333. The summed E-state index contributed by atoms with van der Waals surface area (Å²) in [5.41, 5.74) is 1.74. The first-order valence-corrected chi connectivity index (χ1v) is 7.95. The average Bonchev–Trinajstić information content (AvgIpc) is 2.57. The molecule has 5 heteroatoms. The zero-order valence-electron chi connectivity index (χ0n) is 13.4. The van der Waals surface area contributed by atoms with Crippen LogP contribution in [0.1, 0.15) is 18.2 Å². The fourth-order valence-corrected chi connectivity index (χ4v) is 2.19. The standard InChI is InChI=1S/C18H23FN4/c1-2-20-18(23-14-11-16-8-5-6-12-21-16)22-13-10-15-7-3-4-9-17(15)19/h3-9,12H,2,10-11,13-14H2,1H3,(H2,20,22,23). The van der Waals surface area contributed by atoms with E-state index >= 15 is 0 Å². The molecule has 0 bridgehead atoms. The quantitative estimate of drug-likeness (QED) is 0.610. The van der Waals surface area contributed by atoms with Crippen molar-refractivity contribution >= 4 is 5.96 Å². The molecule has 0 spiro atoms. The highest BCUT2D eigenvalue weighted by Crippen LogP contribution is 2.06. The molecule has 0 atom stereocenters. The van der Waals surface area contributed by atoms with Gasteiger partial charge in [0, 0.05) is 37.9 Å². The first-order chi connectivity index (χ1) is 11.3. The van der Waals surface area contributed by atoms with Crippen molar-refractivity contribution in [3.05, 3.63) is 65.7 Å². The van der Waals surface area contributed by atoms with Crippen molar-refractivity contribution in [1.82, 2.24) is 15.6 Å². The maximum absolute atomic E-state index is 13.6. The number of benzene rings is 1. The Labute approximate surface area is 136 Å². The Balaban J connectivity index is 1.81. The number of hydrogen-bond donors (Lipinski definition) is 2. The van der Waals surface area contributed by atoms with Crippen LogP contribution in [0.2, 0.25) is 0 Å². The highest BCUT2D eigenvalue weighted by molar-refractivity contribution is 5.79. The second kappa shape index (κ2) is 9.56. The van der Waals surface area contributed by atoms with Crippen LogP contribution in [0.4, 0.5) is 4.39 Å². The summed E-state index contributed by atoms with van der Waals surface area (Å²) in [6.45, 7) is 4.10. The third-order valence-corrected chi connectivity index (χ3v) is 3.35. The van der Waals surface area contributed by atoms with Crippen LogP contribution in [0.25, 0.3) is 0 Å². The lowest BCUT2D eigenvalue weighted by Crippen LogP contribution is -2.38. The second-order valence-electron chi connectivity index (χ2n) is 5.10. The molecule has 0 aliphatic rings. The summed E-state index contributed by atoms with van der Waals surface area (Å²) in [4.78, 5) is 8.80. The first kappa shape index (κ1) is 16.9. The van der Waals surface area contributed by atoms with E-state index in [9.17, 15) is 4.39 Å². The van der Waals surface area contributed by atoms with Crippen LogP contribution in [0.15, 0.2) is 53.7 Å². The number of aromatic nitrogens is 1. The lowest BCUT2D eigenvalue weighted by Gasteiger charge is -2.11. The van der Waals surface area contributed by atoms with Gasteiger partial charge in [-0.05, 0) is 37.1 Å². The monoisotopic (exact) mass is 314 g/mol. The lowest BCUT2D eigenvalue weighted by atomic mass is 10.1. The molecule has 23 heavy (non-hydrogen) atoms. The normalized spacial score (nSPS) is 11.3. The molecule has 2 aromatic rings. The van der Waals surface area contributed by atoms with Crippen molar-refractivity contribution < 1.29 is 4.39 Å². The van der Waals surface area contributed by atoms with E-state index in [1.165, 1.54) is 6.07 Å². The third kappa shape index (κ3) is 6.06. The third-order valence-electron chi connectivity index (χ3n) is 3.35. The predicted molar refractivity (Wildman–Crippen MR) is 92.0 cm³/mol. The van der Waals surface area contributed by atoms with Crippen molar-refractivity contribution in [3.63, 3.8) is 0 Å². The van der Waals surface area contributed by atoms with Gasteiger partial charge in [-0.2, -0.15) is 0 Å². The molecule has 0 radical (unpaired) electrons. The molecule has 0 aliphatic heterocycles. The SMILES string of the molecule is CCNC(=NCCc1ccccn1)NCCc1ccccc1F. The Kier molecular flexibility index (Phi) is 7.04. The van der Waals surface area contributed by atoms with Crippen molar-refractivity contribution in [2.24, 2.45) is 4.99 Å². The van der Waals surface area contributed by atoms with Crippen LogP contribution in [-0.4, -0.2) is 30.6 Å². The van der Waals surface area contributed by atoms with E-state index in [1.807, 2.05) is 37.3 Å². The molecule has 2 N–H and O–H groups in total. The van der Waals surface area contributed by atoms with Crippen LogP contribution < -0.4 is 10.6 Å². The topological polar surface area (TPSA) is 49.3 Å². The molecular formula is C18H23FN4. The van der Waals surface area contributed by atoms with E-state index in [4.69, 9.17) is 0 Å². The van der Waals surface area contributed by atoms with Gasteiger partial charge in [0.25, 0.3) is 0 Å². The maximum Gasteiger partial charge on any atom is 0.191 e. The van der Waals surface area contributed by atoms with Gasteiger partial charge in [-0.3, -0.25) is 9.98 Å². The van der Waals surface area contributed by atoms with Gasteiger partial charge >= 0.3 is 0 Å². The zero-order valence-corrected chi connectivity index (χ0v) is 13.4. The van der Waals surface area contributed by atoms with Crippen LogP contribution >= 0.6 is 0 Å². The van der Waals surface area contributed by atoms with Crippen molar-refractivity contribution in [2.75, 3.05) is 19.6 Å². The van der Waals surface area contributed by atoms with E-state index < -0.39 is 0 Å². The Morgan fingerprint density at radius 3 is 2.65 bits per heavy atom. The summed E-state index contributed by atoms with van der Waals surface area (Å²) in [6.07, 6.45) is 3.21. The molecule has 0 aliphatic carbocycles. The molecule has 0 fully saturated rings. The number of pyridine rings is 1. The minimum Gasteiger partial charge on any atom is -0.357 e. The van der Waals surface area contributed by atoms with Crippen LogP contribution in [-0.2, 0) is 12.8 Å². The largest absolute Gasteiger partial charge is 0.357 e. The number of halogens is 1. The molecule has 1 aromatic heterocycles. The van der Waals surface area contributed by atoms with Crippen molar-refractivity contribution in [2.45, 2.75) is 19.8 Å². The molecule has 4 nitrogen and oxygen atoms in total. The molecule has 0 amide bonds. The molecular weight excluding hydrogens is 291 g/mol. The number of hydrogen-bond acceptors (Lipinski definition) is 2. The Morgan fingerprint density at radius 1 is 1.09 bits per heavy atom. The summed E-state index contributed by atoms with van der Waals surface area (Å²) >= 11 is 0. The maximum atomic E-state index is 13.6. The highest BCUT2D eigenvalue weighted by atomic mass is 19.1. The van der Waals surface area contributed by atoms with Gasteiger partial charge in [0.1, 0.15) is 5.82 Å². The number of nitrogens with zero attached hydrogens (tertiary/aromatic N) is 2. The Morgan fingerprint density at radius 2 is 1.91 bits per heavy atom. The van der Waals surface area contributed by atoms with E-state index in [2.05, 4.69) is 20.6 Å². The predicted octanol–water partition coefficient (Wildman–Crippen LogP) is 2.56. The van der Waals surface area contributed by atoms with Crippen LogP contribution in [0.3, 0.4) is 0 Å². The minimum atomic E-state index is -0.161. The van der Waals surface area contributed by atoms with Gasteiger partial charge in [-0.25, -0.2) is 4.39 Å². The van der Waals surface area contributed by atoms with Gasteiger partial charge in [-0.1, -0.05) is 24.3 Å². The lowest BCUT2D eigenvalue weighted by molar-refractivity contribution is 0.606. The smallest absolute Gasteiger partial charge is 0.191 e. The minimum absolute atomic E-state index is 0.161. The number of rotatable bonds is 7. The highest BCUT2D eigenvalue weighted by Gasteiger charge is 2.02. The Bertz CT molecular complexity index is 613. The fourth-order valence-electron chi connectivity index (χ4n) is 2.19. The summed E-state index contributed by atoms with van der Waals surface area (Å²) in [5, 5.41) is 6.43. The molecule has 0 saturated carbocycles. The number of nitrogens with one attached hydrogen (secondary N) is 2. The molecule has 122 valence electrons. The first-order valence-electron chi connectivity index (χ1n) is 7.95. The van der Waals surface area contributed by atoms with Gasteiger partial charge < -0.3 is 10.6 Å². The van der Waals surface area contributed by atoms with E-state index in [-0.39, 0.29) is 5.82 Å². The van der Waals surface area contributed by atoms with Crippen molar-refractivity contribution in [3.8, 4) is 0 Å². The van der Waals surface area contributed by atoms with E-state index in [1.54, 1.807) is 12.3 Å². The van der Waals surface area contributed by atoms with Gasteiger partial charge in [0.15, 0.2) is 5.96 Å². The van der Waals surface area contributed by atoms with Crippen LogP contribution in [0, 0.1) is 5.82 Å². The summed E-state index contributed by atoms with van der Waals surface area (Å²) < 4.78 is 13.6. The average molecular weight is 314 g/mol. The molecule has 0 unspecified atom stereocenters. The molecule has 1 heterocycles. The molecule has 0 saturated heterocycles. The van der Waals surface area contributed by atoms with Gasteiger partial charge in [0.2, 0.25) is 0 Å². The number of aliphatic imine (C=N–C) groups is 1. The van der Waals surface area contributed by atoms with Gasteiger partial charge in [-0.15, -0.1) is 0 Å². The van der Waals surface area contributed by atoms with E-state index in [0.29, 0.717) is 25.1 Å². The summed E-state index contributed by atoms with van der Waals surface area (Å²) in [7, 11) is 0. The molecule has 2 rings (SSSR count). The zero-order chi connectivity index (χ0) is 16.3. The van der Waals surface area contributed by atoms with Gasteiger partial charge in [0.05, 0.1) is 0 Å². The van der Waals surface area contributed by atoms with E-state index in [0.717, 1.165) is 24.6 Å². The Hall–Kier alpha value is -2.43.